The number of furan rings is 1. The van der Waals surface area contributed by atoms with Gasteiger partial charge in [-0.05, 0) is 38.3 Å². The number of aromatic nitrogens is 2. The van der Waals surface area contributed by atoms with E-state index in [1.54, 1.807) is 36.8 Å². The van der Waals surface area contributed by atoms with Crippen LogP contribution in [0.4, 0.5) is 0 Å². The smallest absolute Gasteiger partial charge is 0.287 e. The Kier molecular flexibility index (Phi) is 6.26. The number of imidazole rings is 1. The SMILES string of the molecule is Cc1c(C(=O)NCCCn2ccnc2)oc2c1/C(=N/NC(=O)c1ccccc1)CCC2. The molecule has 0 spiro atoms. The summed E-state index contributed by atoms with van der Waals surface area (Å²) in [7, 11) is 0. The van der Waals surface area contributed by atoms with Crippen LogP contribution in [-0.4, -0.2) is 33.6 Å². The third-order valence-electron chi connectivity index (χ3n) is 5.30. The summed E-state index contributed by atoms with van der Waals surface area (Å²) in [6.07, 6.45) is 8.49. The first kappa shape index (κ1) is 20.6. The molecule has 8 nitrogen and oxygen atoms in total. The molecule has 0 aliphatic heterocycles. The summed E-state index contributed by atoms with van der Waals surface area (Å²) in [6.45, 7) is 3.18. The molecule has 2 N–H and O–H groups in total. The minimum Gasteiger partial charge on any atom is -0.455 e. The first-order valence-corrected chi connectivity index (χ1v) is 10.4. The largest absolute Gasteiger partial charge is 0.455 e. The molecule has 8 heteroatoms. The van der Waals surface area contributed by atoms with Gasteiger partial charge in [-0.1, -0.05) is 18.2 Å². The number of hydrazone groups is 1. The number of hydrogen-bond donors (Lipinski definition) is 2. The maximum absolute atomic E-state index is 12.7. The van der Waals surface area contributed by atoms with Crippen LogP contribution in [0.5, 0.6) is 0 Å². The van der Waals surface area contributed by atoms with Crippen LogP contribution < -0.4 is 10.7 Å². The molecule has 2 heterocycles. The number of rotatable bonds is 7. The van der Waals surface area contributed by atoms with Crippen LogP contribution in [0.2, 0.25) is 0 Å². The number of nitrogens with one attached hydrogen (secondary N) is 2. The summed E-state index contributed by atoms with van der Waals surface area (Å²) in [4.78, 5) is 29.0. The highest BCUT2D eigenvalue weighted by atomic mass is 16.4. The molecule has 1 aliphatic rings. The van der Waals surface area contributed by atoms with Gasteiger partial charge in [0.15, 0.2) is 5.76 Å². The van der Waals surface area contributed by atoms with Gasteiger partial charge in [-0.15, -0.1) is 0 Å². The van der Waals surface area contributed by atoms with E-state index >= 15 is 0 Å². The molecule has 0 saturated heterocycles. The highest BCUT2D eigenvalue weighted by molar-refractivity contribution is 6.07. The molecule has 0 bridgehead atoms. The number of hydrogen-bond acceptors (Lipinski definition) is 5. The summed E-state index contributed by atoms with van der Waals surface area (Å²) in [5.74, 6) is 0.569. The van der Waals surface area contributed by atoms with Gasteiger partial charge >= 0.3 is 0 Å². The van der Waals surface area contributed by atoms with Crippen LogP contribution in [0.3, 0.4) is 0 Å². The van der Waals surface area contributed by atoms with Crippen molar-refractivity contribution in [3.8, 4) is 0 Å². The lowest BCUT2D eigenvalue weighted by Crippen LogP contribution is -2.25. The zero-order chi connectivity index (χ0) is 21.6. The first-order chi connectivity index (χ1) is 15.1. The van der Waals surface area contributed by atoms with E-state index in [2.05, 4.69) is 20.8 Å². The fourth-order valence-corrected chi connectivity index (χ4v) is 3.73. The average molecular weight is 419 g/mol. The summed E-state index contributed by atoms with van der Waals surface area (Å²) in [5.41, 5.74) is 5.51. The van der Waals surface area contributed by atoms with Gasteiger partial charge in [-0.25, -0.2) is 10.4 Å². The van der Waals surface area contributed by atoms with E-state index in [0.717, 1.165) is 48.4 Å². The Hall–Kier alpha value is -3.68. The van der Waals surface area contributed by atoms with Gasteiger partial charge in [0, 0.05) is 48.6 Å². The Labute approximate surface area is 180 Å². The van der Waals surface area contributed by atoms with Crippen molar-refractivity contribution < 1.29 is 14.0 Å². The third-order valence-corrected chi connectivity index (χ3v) is 5.30. The normalized spacial score (nSPS) is 14.3. The summed E-state index contributed by atoms with van der Waals surface area (Å²) < 4.78 is 7.87. The van der Waals surface area contributed by atoms with Crippen molar-refractivity contribution in [2.45, 2.75) is 39.2 Å². The Morgan fingerprint density at radius 1 is 1.19 bits per heavy atom. The zero-order valence-corrected chi connectivity index (χ0v) is 17.4. The molecule has 0 unspecified atom stereocenters. The van der Waals surface area contributed by atoms with E-state index in [0.29, 0.717) is 24.3 Å². The molecule has 1 aliphatic carbocycles. The maximum Gasteiger partial charge on any atom is 0.287 e. The van der Waals surface area contributed by atoms with Crippen molar-refractivity contribution in [2.24, 2.45) is 5.10 Å². The van der Waals surface area contributed by atoms with Gasteiger partial charge in [0.1, 0.15) is 5.76 Å². The van der Waals surface area contributed by atoms with Gasteiger partial charge < -0.3 is 14.3 Å². The molecule has 4 rings (SSSR count). The highest BCUT2D eigenvalue weighted by Gasteiger charge is 2.28. The fraction of sp³-hybridized carbons (Fsp3) is 0.304. The lowest BCUT2D eigenvalue weighted by molar-refractivity contribution is 0.0920. The Morgan fingerprint density at radius 2 is 2.03 bits per heavy atom. The fourth-order valence-electron chi connectivity index (χ4n) is 3.73. The molecule has 2 amide bonds. The van der Waals surface area contributed by atoms with Crippen molar-refractivity contribution in [3.05, 3.63) is 77.3 Å². The van der Waals surface area contributed by atoms with E-state index in [4.69, 9.17) is 4.42 Å². The number of benzene rings is 1. The van der Waals surface area contributed by atoms with Crippen LogP contribution in [0.25, 0.3) is 0 Å². The van der Waals surface area contributed by atoms with E-state index in [1.807, 2.05) is 23.8 Å². The molecule has 0 atom stereocenters. The number of fused-ring (bicyclic) bond motifs is 1. The molecular formula is C23H25N5O3. The van der Waals surface area contributed by atoms with Crippen LogP contribution in [0.15, 0.2) is 58.6 Å². The minimum atomic E-state index is -0.266. The molecule has 0 radical (unpaired) electrons. The van der Waals surface area contributed by atoms with Crippen LogP contribution >= 0.6 is 0 Å². The number of carbonyl (C=O) groups is 2. The van der Waals surface area contributed by atoms with Crippen LogP contribution in [0.1, 0.15) is 57.1 Å². The summed E-state index contributed by atoms with van der Waals surface area (Å²) >= 11 is 0. The Balaban J connectivity index is 1.42. The van der Waals surface area contributed by atoms with Crippen LogP contribution in [0, 0.1) is 6.92 Å². The van der Waals surface area contributed by atoms with Gasteiger partial charge in [0.05, 0.1) is 12.0 Å². The predicted octanol–water partition coefficient (Wildman–Crippen LogP) is 3.08. The average Bonchev–Trinajstić information content (AvgIpc) is 3.44. The van der Waals surface area contributed by atoms with Gasteiger partial charge in [0.25, 0.3) is 11.8 Å². The van der Waals surface area contributed by atoms with Crippen molar-refractivity contribution in [1.82, 2.24) is 20.3 Å². The lowest BCUT2D eigenvalue weighted by atomic mass is 9.93. The van der Waals surface area contributed by atoms with Crippen molar-refractivity contribution in [2.75, 3.05) is 6.54 Å². The highest BCUT2D eigenvalue weighted by Crippen LogP contribution is 2.29. The maximum atomic E-state index is 12.7. The van der Waals surface area contributed by atoms with E-state index < -0.39 is 0 Å². The van der Waals surface area contributed by atoms with Crippen molar-refractivity contribution in [3.63, 3.8) is 0 Å². The zero-order valence-electron chi connectivity index (χ0n) is 17.4. The molecule has 2 aromatic heterocycles. The number of carbonyl (C=O) groups excluding carboxylic acids is 2. The molecule has 31 heavy (non-hydrogen) atoms. The molecule has 0 fully saturated rings. The number of amides is 2. The number of aryl methyl sites for hydroxylation is 2. The van der Waals surface area contributed by atoms with Gasteiger partial charge in [-0.3, -0.25) is 9.59 Å². The van der Waals surface area contributed by atoms with Gasteiger partial charge in [-0.2, -0.15) is 5.10 Å². The van der Waals surface area contributed by atoms with E-state index in [-0.39, 0.29) is 11.8 Å². The summed E-state index contributed by atoms with van der Waals surface area (Å²) in [5, 5.41) is 7.28. The van der Waals surface area contributed by atoms with Crippen molar-refractivity contribution >= 4 is 17.5 Å². The molecule has 160 valence electrons. The summed E-state index contributed by atoms with van der Waals surface area (Å²) in [6, 6.07) is 8.94. The molecule has 1 aromatic carbocycles. The second kappa shape index (κ2) is 9.42. The Bertz CT molecular complexity index is 1080. The van der Waals surface area contributed by atoms with Crippen molar-refractivity contribution in [1.29, 1.82) is 0 Å². The van der Waals surface area contributed by atoms with E-state index in [1.165, 1.54) is 0 Å². The third kappa shape index (κ3) is 4.74. The molecule has 3 aromatic rings. The topological polar surface area (TPSA) is 102 Å². The monoisotopic (exact) mass is 419 g/mol. The first-order valence-electron chi connectivity index (χ1n) is 10.4. The standard InChI is InChI=1S/C23H25N5O3/c1-16-20-18(26-27-22(29)17-7-3-2-4-8-17)9-5-10-19(20)31-21(16)23(30)25-11-6-13-28-14-12-24-15-28/h2-4,7-8,12,14-15H,5-6,9-11,13H2,1H3,(H,25,30)(H,27,29)/b26-18+. The number of nitrogens with zero attached hydrogens (tertiary/aromatic N) is 3. The lowest BCUT2D eigenvalue weighted by Gasteiger charge is -2.13. The second-order valence-electron chi connectivity index (χ2n) is 7.48. The Morgan fingerprint density at radius 3 is 2.81 bits per heavy atom. The predicted molar refractivity (Wildman–Crippen MR) is 116 cm³/mol. The minimum absolute atomic E-state index is 0.231. The molecule has 0 saturated carbocycles. The van der Waals surface area contributed by atoms with E-state index in [9.17, 15) is 9.59 Å². The second-order valence-corrected chi connectivity index (χ2v) is 7.48. The molecular weight excluding hydrogens is 394 g/mol. The van der Waals surface area contributed by atoms with Crippen LogP contribution in [-0.2, 0) is 13.0 Å². The van der Waals surface area contributed by atoms with Gasteiger partial charge in [0.2, 0.25) is 0 Å². The quantitative estimate of drug-likeness (QED) is 0.454.